The van der Waals surface area contributed by atoms with Crippen LogP contribution in [0.25, 0.3) is 0 Å². The van der Waals surface area contributed by atoms with Crippen molar-refractivity contribution in [2.45, 2.75) is 65.1 Å². The van der Waals surface area contributed by atoms with Gasteiger partial charge in [0.25, 0.3) is 0 Å². The topological polar surface area (TPSA) is 9.23 Å². The minimum Gasteiger partial charge on any atom is -0.314 e. The Morgan fingerprint density at radius 2 is 1.31 bits per heavy atom. The lowest BCUT2D eigenvalue weighted by Gasteiger charge is -2.12. The molecule has 0 saturated carbocycles. The van der Waals surface area contributed by atoms with Crippen LogP contribution in [0.4, 0.5) is 8.78 Å². The lowest BCUT2D eigenvalue weighted by atomic mass is 10.2. The number of rotatable bonds is 8. The fraction of sp³-hybridized carbons (Fsp3) is 1.00. The van der Waals surface area contributed by atoms with Gasteiger partial charge in [-0.2, -0.15) is 0 Å². The predicted molar refractivity (Wildman–Crippen MR) is 49.9 cm³/mol. The highest BCUT2D eigenvalue weighted by molar-refractivity contribution is 4.47. The monoisotopic (exact) mass is 194 g/mol. The molecule has 80 valence electrons. The molecule has 2 unspecified atom stereocenters. The van der Waals surface area contributed by atoms with Gasteiger partial charge in [-0.05, 0) is 12.8 Å². The minimum absolute atomic E-state index is 0.309. The van der Waals surface area contributed by atoms with Gasteiger partial charge in [0.15, 0.2) is 0 Å². The molecule has 0 aliphatic carbocycles. The standard InChI is InChI=1S/C10H20F2O/c1-3-5-7-9(11)13-10(12)8-6-4-2/h9-10H,3-8H2,1-2H3. The fourth-order valence-corrected chi connectivity index (χ4v) is 1.03. The summed E-state index contributed by atoms with van der Waals surface area (Å²) in [5.41, 5.74) is 0. The number of unbranched alkanes of at least 4 members (excludes halogenated alkanes) is 2. The third-order valence-corrected chi connectivity index (χ3v) is 1.86. The van der Waals surface area contributed by atoms with Crippen LogP contribution < -0.4 is 0 Å². The van der Waals surface area contributed by atoms with Crippen molar-refractivity contribution in [3.05, 3.63) is 0 Å². The first kappa shape index (κ1) is 12.8. The van der Waals surface area contributed by atoms with Crippen LogP contribution in [-0.2, 0) is 4.74 Å². The van der Waals surface area contributed by atoms with Crippen molar-refractivity contribution in [3.63, 3.8) is 0 Å². The molecule has 0 heterocycles. The van der Waals surface area contributed by atoms with Crippen LogP contribution in [0.15, 0.2) is 0 Å². The summed E-state index contributed by atoms with van der Waals surface area (Å²) in [5.74, 6) is 0. The summed E-state index contributed by atoms with van der Waals surface area (Å²) < 4.78 is 30.1. The Kier molecular flexibility index (Phi) is 8.30. The van der Waals surface area contributed by atoms with E-state index in [0.29, 0.717) is 12.8 Å². The van der Waals surface area contributed by atoms with Crippen LogP contribution in [0.2, 0.25) is 0 Å². The zero-order valence-corrected chi connectivity index (χ0v) is 8.56. The highest BCUT2D eigenvalue weighted by Gasteiger charge is 2.13. The van der Waals surface area contributed by atoms with Gasteiger partial charge in [0, 0.05) is 12.8 Å². The first-order valence-corrected chi connectivity index (χ1v) is 5.14. The van der Waals surface area contributed by atoms with Gasteiger partial charge < -0.3 is 4.74 Å². The van der Waals surface area contributed by atoms with Gasteiger partial charge in [0.2, 0.25) is 12.7 Å². The van der Waals surface area contributed by atoms with Crippen LogP contribution in [0.3, 0.4) is 0 Å². The van der Waals surface area contributed by atoms with E-state index >= 15 is 0 Å². The van der Waals surface area contributed by atoms with Gasteiger partial charge in [-0.25, -0.2) is 8.78 Å². The molecule has 0 aromatic rings. The third-order valence-electron chi connectivity index (χ3n) is 1.86. The van der Waals surface area contributed by atoms with E-state index < -0.39 is 12.7 Å². The van der Waals surface area contributed by atoms with Crippen LogP contribution in [-0.4, -0.2) is 12.7 Å². The molecule has 0 aliphatic heterocycles. The highest BCUT2D eigenvalue weighted by Crippen LogP contribution is 2.13. The van der Waals surface area contributed by atoms with Gasteiger partial charge in [-0.15, -0.1) is 0 Å². The van der Waals surface area contributed by atoms with Crippen molar-refractivity contribution in [2.75, 3.05) is 0 Å². The summed E-state index contributed by atoms with van der Waals surface area (Å²) in [4.78, 5) is 0. The summed E-state index contributed by atoms with van der Waals surface area (Å²) >= 11 is 0. The van der Waals surface area contributed by atoms with E-state index in [9.17, 15) is 8.78 Å². The normalized spacial score (nSPS) is 15.7. The predicted octanol–water partition coefficient (Wildman–Crippen LogP) is 3.97. The van der Waals surface area contributed by atoms with E-state index in [1.165, 1.54) is 0 Å². The molecular weight excluding hydrogens is 174 g/mol. The highest BCUT2D eigenvalue weighted by atomic mass is 19.2. The van der Waals surface area contributed by atoms with E-state index in [0.717, 1.165) is 25.7 Å². The van der Waals surface area contributed by atoms with E-state index in [-0.39, 0.29) is 0 Å². The Labute approximate surface area is 79.5 Å². The van der Waals surface area contributed by atoms with Gasteiger partial charge >= 0.3 is 0 Å². The summed E-state index contributed by atoms with van der Waals surface area (Å²) in [7, 11) is 0. The quantitative estimate of drug-likeness (QED) is 0.568. The molecule has 0 saturated heterocycles. The van der Waals surface area contributed by atoms with Crippen molar-refractivity contribution >= 4 is 0 Å². The number of alkyl halides is 2. The number of hydrogen-bond donors (Lipinski definition) is 0. The zero-order valence-electron chi connectivity index (χ0n) is 8.56. The summed E-state index contributed by atoms with van der Waals surface area (Å²) in [5, 5.41) is 0. The van der Waals surface area contributed by atoms with Crippen molar-refractivity contribution in [3.8, 4) is 0 Å². The Morgan fingerprint density at radius 3 is 1.62 bits per heavy atom. The Hall–Kier alpha value is -0.180. The van der Waals surface area contributed by atoms with Crippen LogP contribution in [0, 0.1) is 0 Å². The second-order valence-electron chi connectivity index (χ2n) is 3.24. The molecule has 0 aromatic heterocycles. The number of halogens is 2. The third kappa shape index (κ3) is 8.16. The minimum atomic E-state index is -1.42. The molecule has 0 aromatic carbocycles. The maximum absolute atomic E-state index is 12.8. The zero-order chi connectivity index (χ0) is 10.1. The number of ether oxygens (including phenoxy) is 1. The molecule has 2 atom stereocenters. The molecule has 13 heavy (non-hydrogen) atoms. The molecule has 0 amide bonds. The van der Waals surface area contributed by atoms with Crippen LogP contribution in [0.1, 0.15) is 52.4 Å². The van der Waals surface area contributed by atoms with E-state index in [2.05, 4.69) is 4.74 Å². The van der Waals surface area contributed by atoms with Crippen molar-refractivity contribution in [2.24, 2.45) is 0 Å². The largest absolute Gasteiger partial charge is 0.314 e. The van der Waals surface area contributed by atoms with Crippen molar-refractivity contribution < 1.29 is 13.5 Å². The van der Waals surface area contributed by atoms with Gasteiger partial charge in [0.05, 0.1) is 0 Å². The smallest absolute Gasteiger partial charge is 0.201 e. The Balaban J connectivity index is 3.35. The molecule has 0 fully saturated rings. The first-order valence-electron chi connectivity index (χ1n) is 5.14. The Bertz CT molecular complexity index is 97.1. The van der Waals surface area contributed by atoms with E-state index in [1.54, 1.807) is 0 Å². The van der Waals surface area contributed by atoms with Gasteiger partial charge in [0.1, 0.15) is 0 Å². The Morgan fingerprint density at radius 1 is 0.923 bits per heavy atom. The second-order valence-corrected chi connectivity index (χ2v) is 3.24. The molecule has 0 rings (SSSR count). The molecular formula is C10H20F2O. The van der Waals surface area contributed by atoms with Crippen molar-refractivity contribution in [1.82, 2.24) is 0 Å². The van der Waals surface area contributed by atoms with Gasteiger partial charge in [-0.1, -0.05) is 26.7 Å². The molecule has 0 radical (unpaired) electrons. The maximum atomic E-state index is 12.8. The molecule has 0 N–H and O–H groups in total. The van der Waals surface area contributed by atoms with E-state index in [1.807, 2.05) is 13.8 Å². The lowest BCUT2D eigenvalue weighted by molar-refractivity contribution is -0.145. The van der Waals surface area contributed by atoms with Gasteiger partial charge in [-0.3, -0.25) is 0 Å². The maximum Gasteiger partial charge on any atom is 0.201 e. The van der Waals surface area contributed by atoms with Crippen LogP contribution >= 0.6 is 0 Å². The molecule has 3 heteroatoms. The summed E-state index contributed by atoms with van der Waals surface area (Å²) in [6.07, 6.45) is 1.10. The average molecular weight is 194 g/mol. The number of hydrogen-bond acceptors (Lipinski definition) is 1. The molecule has 0 spiro atoms. The summed E-state index contributed by atoms with van der Waals surface area (Å²) in [6, 6.07) is 0. The first-order chi connectivity index (χ1) is 6.20. The van der Waals surface area contributed by atoms with Crippen LogP contribution in [0.5, 0.6) is 0 Å². The molecule has 0 bridgehead atoms. The SMILES string of the molecule is CCCCC(F)OC(F)CCCC. The molecule has 1 nitrogen and oxygen atoms in total. The van der Waals surface area contributed by atoms with E-state index in [4.69, 9.17) is 0 Å². The molecule has 0 aliphatic rings. The van der Waals surface area contributed by atoms with Crippen molar-refractivity contribution in [1.29, 1.82) is 0 Å². The summed E-state index contributed by atoms with van der Waals surface area (Å²) in [6.45, 7) is 3.94. The lowest BCUT2D eigenvalue weighted by Crippen LogP contribution is -2.14. The fourth-order valence-electron chi connectivity index (χ4n) is 1.03. The average Bonchev–Trinajstić information content (AvgIpc) is 2.11. The second kappa shape index (κ2) is 8.42.